The number of nitrogens with one attached hydrogen (secondary N) is 1. The Hall–Kier alpha value is -1.19. The van der Waals surface area contributed by atoms with E-state index >= 15 is 0 Å². The van der Waals surface area contributed by atoms with E-state index in [1.54, 1.807) is 0 Å². The lowest BCUT2D eigenvalue weighted by molar-refractivity contribution is 0.465. The van der Waals surface area contributed by atoms with Crippen LogP contribution in [-0.2, 0) is 12.8 Å². The van der Waals surface area contributed by atoms with Gasteiger partial charge in [0.25, 0.3) is 0 Å². The van der Waals surface area contributed by atoms with Crippen molar-refractivity contribution in [2.45, 2.75) is 38.6 Å². The molecule has 0 amide bonds. The van der Waals surface area contributed by atoms with E-state index in [0.717, 1.165) is 13.0 Å². The molecule has 0 saturated heterocycles. The normalized spacial score (nSPS) is 12.5. The molecule has 0 bridgehead atoms. The standard InChI is InChI=1S/C16H22N2S/c1-2-18-15(7-8-16-4-3-13-19-16)6-5-14-9-11-17-12-10-14/h3-4,9-13,15,18H,2,5-8H2,1H3. The van der Waals surface area contributed by atoms with E-state index in [9.17, 15) is 0 Å². The average molecular weight is 274 g/mol. The molecule has 0 radical (unpaired) electrons. The Morgan fingerprint density at radius 1 is 1.16 bits per heavy atom. The van der Waals surface area contributed by atoms with Gasteiger partial charge in [0.15, 0.2) is 0 Å². The molecule has 0 aliphatic heterocycles. The molecule has 102 valence electrons. The van der Waals surface area contributed by atoms with Crippen LogP contribution in [-0.4, -0.2) is 17.6 Å². The number of aromatic nitrogens is 1. The van der Waals surface area contributed by atoms with Crippen molar-refractivity contribution in [2.24, 2.45) is 0 Å². The number of rotatable bonds is 8. The minimum atomic E-state index is 0.611. The minimum absolute atomic E-state index is 0.611. The molecule has 2 aromatic heterocycles. The third-order valence-corrected chi connectivity index (χ3v) is 4.28. The van der Waals surface area contributed by atoms with Gasteiger partial charge in [0.1, 0.15) is 0 Å². The van der Waals surface area contributed by atoms with Gasteiger partial charge in [-0.3, -0.25) is 4.98 Å². The second kappa shape index (κ2) is 8.08. The predicted octanol–water partition coefficient (Wildman–Crippen LogP) is 3.69. The molecule has 2 nitrogen and oxygen atoms in total. The van der Waals surface area contributed by atoms with Crippen molar-refractivity contribution < 1.29 is 0 Å². The fourth-order valence-electron chi connectivity index (χ4n) is 2.30. The van der Waals surface area contributed by atoms with Crippen LogP contribution < -0.4 is 5.32 Å². The summed E-state index contributed by atoms with van der Waals surface area (Å²) in [5.41, 5.74) is 1.38. The summed E-state index contributed by atoms with van der Waals surface area (Å²) >= 11 is 1.86. The maximum Gasteiger partial charge on any atom is 0.0270 e. The maximum atomic E-state index is 4.06. The first-order chi connectivity index (χ1) is 9.38. The minimum Gasteiger partial charge on any atom is -0.314 e. The molecule has 0 aliphatic rings. The number of nitrogens with zero attached hydrogens (tertiary/aromatic N) is 1. The molecule has 2 rings (SSSR count). The van der Waals surface area contributed by atoms with Crippen molar-refractivity contribution in [3.8, 4) is 0 Å². The Kier molecular flexibility index (Phi) is 6.05. The molecule has 0 aliphatic carbocycles. The van der Waals surface area contributed by atoms with Crippen molar-refractivity contribution in [1.29, 1.82) is 0 Å². The van der Waals surface area contributed by atoms with Crippen molar-refractivity contribution in [3.63, 3.8) is 0 Å². The fraction of sp³-hybridized carbons (Fsp3) is 0.438. The van der Waals surface area contributed by atoms with E-state index in [1.807, 2.05) is 23.7 Å². The molecule has 2 heterocycles. The van der Waals surface area contributed by atoms with Gasteiger partial charge in [0, 0.05) is 23.3 Å². The number of hydrogen-bond donors (Lipinski definition) is 1. The van der Waals surface area contributed by atoms with Crippen LogP contribution in [0.3, 0.4) is 0 Å². The highest BCUT2D eigenvalue weighted by Crippen LogP contribution is 2.14. The highest BCUT2D eigenvalue weighted by molar-refractivity contribution is 7.09. The molecule has 0 spiro atoms. The number of aryl methyl sites for hydroxylation is 2. The molecule has 1 atom stereocenters. The van der Waals surface area contributed by atoms with Crippen LogP contribution in [0.5, 0.6) is 0 Å². The fourth-order valence-corrected chi connectivity index (χ4v) is 3.02. The summed E-state index contributed by atoms with van der Waals surface area (Å²) in [5, 5.41) is 5.77. The number of hydrogen-bond acceptors (Lipinski definition) is 3. The lowest BCUT2D eigenvalue weighted by Gasteiger charge is -2.17. The Labute approximate surface area is 119 Å². The van der Waals surface area contributed by atoms with Crippen LogP contribution in [0.1, 0.15) is 30.2 Å². The third kappa shape index (κ3) is 5.13. The molecule has 0 fully saturated rings. The van der Waals surface area contributed by atoms with Crippen LogP contribution in [0.4, 0.5) is 0 Å². The van der Waals surface area contributed by atoms with Gasteiger partial charge in [0.2, 0.25) is 0 Å². The Balaban J connectivity index is 1.78. The van der Waals surface area contributed by atoms with Gasteiger partial charge < -0.3 is 5.32 Å². The molecule has 3 heteroatoms. The maximum absolute atomic E-state index is 4.06. The lowest BCUT2D eigenvalue weighted by atomic mass is 10.0. The first-order valence-electron chi connectivity index (χ1n) is 7.03. The average Bonchev–Trinajstić information content (AvgIpc) is 2.96. The summed E-state index contributed by atoms with van der Waals surface area (Å²) in [7, 11) is 0. The van der Waals surface area contributed by atoms with Crippen molar-refractivity contribution in [3.05, 3.63) is 52.5 Å². The van der Waals surface area contributed by atoms with Gasteiger partial charge in [-0.2, -0.15) is 0 Å². The summed E-state index contributed by atoms with van der Waals surface area (Å²) in [6, 6.07) is 9.21. The molecule has 1 N–H and O–H groups in total. The number of pyridine rings is 1. The van der Waals surface area contributed by atoms with Crippen molar-refractivity contribution in [1.82, 2.24) is 10.3 Å². The lowest BCUT2D eigenvalue weighted by Crippen LogP contribution is -2.29. The summed E-state index contributed by atoms with van der Waals surface area (Å²) < 4.78 is 0. The molecular formula is C16H22N2S. The topological polar surface area (TPSA) is 24.9 Å². The Bertz CT molecular complexity index is 439. The second-order valence-electron chi connectivity index (χ2n) is 4.77. The van der Waals surface area contributed by atoms with Crippen LogP contribution in [0, 0.1) is 0 Å². The van der Waals surface area contributed by atoms with E-state index in [0.29, 0.717) is 6.04 Å². The largest absolute Gasteiger partial charge is 0.314 e. The highest BCUT2D eigenvalue weighted by atomic mass is 32.1. The van der Waals surface area contributed by atoms with E-state index in [2.05, 4.69) is 46.9 Å². The van der Waals surface area contributed by atoms with E-state index in [4.69, 9.17) is 0 Å². The molecular weight excluding hydrogens is 252 g/mol. The molecule has 0 saturated carbocycles. The Morgan fingerprint density at radius 3 is 2.63 bits per heavy atom. The second-order valence-corrected chi connectivity index (χ2v) is 5.80. The summed E-state index contributed by atoms with van der Waals surface area (Å²) in [6.07, 6.45) is 8.49. The summed E-state index contributed by atoms with van der Waals surface area (Å²) in [5.74, 6) is 0. The monoisotopic (exact) mass is 274 g/mol. The van der Waals surface area contributed by atoms with Gasteiger partial charge in [0.05, 0.1) is 0 Å². The number of thiophene rings is 1. The van der Waals surface area contributed by atoms with Gasteiger partial charge in [-0.1, -0.05) is 13.0 Å². The van der Waals surface area contributed by atoms with Gasteiger partial charge in [-0.25, -0.2) is 0 Å². The van der Waals surface area contributed by atoms with Crippen molar-refractivity contribution in [2.75, 3.05) is 6.54 Å². The van der Waals surface area contributed by atoms with E-state index in [1.165, 1.54) is 29.7 Å². The quantitative estimate of drug-likeness (QED) is 0.794. The summed E-state index contributed by atoms with van der Waals surface area (Å²) in [6.45, 7) is 3.23. The third-order valence-electron chi connectivity index (χ3n) is 3.34. The SMILES string of the molecule is CCNC(CCc1ccncc1)CCc1cccs1. The van der Waals surface area contributed by atoms with Gasteiger partial charge in [-0.05, 0) is 61.4 Å². The Morgan fingerprint density at radius 2 is 1.95 bits per heavy atom. The zero-order valence-corrected chi connectivity index (χ0v) is 12.3. The van der Waals surface area contributed by atoms with Crippen LogP contribution in [0.25, 0.3) is 0 Å². The van der Waals surface area contributed by atoms with Crippen molar-refractivity contribution >= 4 is 11.3 Å². The molecule has 19 heavy (non-hydrogen) atoms. The van der Waals surface area contributed by atoms with E-state index in [-0.39, 0.29) is 0 Å². The first kappa shape index (κ1) is 14.2. The predicted molar refractivity (Wildman–Crippen MR) is 82.7 cm³/mol. The molecule has 2 aromatic rings. The first-order valence-corrected chi connectivity index (χ1v) is 7.91. The van der Waals surface area contributed by atoms with Gasteiger partial charge >= 0.3 is 0 Å². The van der Waals surface area contributed by atoms with Crippen LogP contribution in [0.2, 0.25) is 0 Å². The van der Waals surface area contributed by atoms with Crippen LogP contribution >= 0.6 is 11.3 Å². The zero-order chi connectivity index (χ0) is 13.3. The smallest absolute Gasteiger partial charge is 0.0270 e. The van der Waals surface area contributed by atoms with Gasteiger partial charge in [-0.15, -0.1) is 11.3 Å². The zero-order valence-electron chi connectivity index (χ0n) is 11.5. The van der Waals surface area contributed by atoms with Crippen LogP contribution in [0.15, 0.2) is 42.0 Å². The van der Waals surface area contributed by atoms with E-state index < -0.39 is 0 Å². The molecule has 0 aromatic carbocycles. The highest BCUT2D eigenvalue weighted by Gasteiger charge is 2.08. The summed E-state index contributed by atoms with van der Waals surface area (Å²) in [4.78, 5) is 5.56. The molecule has 1 unspecified atom stereocenters.